The summed E-state index contributed by atoms with van der Waals surface area (Å²) in [6.07, 6.45) is 2.84. The minimum atomic E-state index is -1.85. The first-order valence-corrected chi connectivity index (χ1v) is 10.2. The van der Waals surface area contributed by atoms with Crippen LogP contribution in [0.5, 0.6) is 0 Å². The molecule has 0 aromatic carbocycles. The highest BCUT2D eigenvalue weighted by molar-refractivity contribution is 6.31. The number of esters is 3. The molecule has 158 valence electrons. The SMILES string of the molecule is O=C(CCC(=O)C(=O)[O-])OC1C2CC3C1OC(=O)C3C2C(=O)OC1CCCCC1. The second-order valence-electron chi connectivity index (χ2n) is 8.38. The molecule has 1 aliphatic heterocycles. The summed E-state index contributed by atoms with van der Waals surface area (Å²) in [5.41, 5.74) is 0. The van der Waals surface area contributed by atoms with Crippen LogP contribution in [0.1, 0.15) is 51.4 Å². The summed E-state index contributed by atoms with van der Waals surface area (Å²) in [4.78, 5) is 58.9. The van der Waals surface area contributed by atoms with Crippen molar-refractivity contribution in [2.75, 3.05) is 0 Å². The maximum Gasteiger partial charge on any atom is 0.310 e. The van der Waals surface area contributed by atoms with E-state index >= 15 is 0 Å². The average molecular weight is 407 g/mol. The Balaban J connectivity index is 1.41. The molecule has 6 atom stereocenters. The zero-order valence-corrected chi connectivity index (χ0v) is 15.9. The third kappa shape index (κ3) is 3.62. The van der Waals surface area contributed by atoms with Gasteiger partial charge >= 0.3 is 17.9 Å². The minimum absolute atomic E-state index is 0.139. The zero-order valence-electron chi connectivity index (χ0n) is 15.9. The van der Waals surface area contributed by atoms with Gasteiger partial charge in [0, 0.05) is 18.3 Å². The second-order valence-corrected chi connectivity index (χ2v) is 8.38. The molecule has 6 unspecified atom stereocenters. The van der Waals surface area contributed by atoms with Crippen molar-refractivity contribution in [2.24, 2.45) is 23.7 Å². The standard InChI is InChI=1S/C20H24O9/c21-12(18(23)24)6-7-13(22)28-16-10-8-11-15(20(26)29-17(11)16)14(10)19(25)27-9-4-2-1-3-5-9/h9-11,14-17H,1-8H2,(H,23,24)/p-1. The van der Waals surface area contributed by atoms with Crippen LogP contribution in [0.15, 0.2) is 0 Å². The Kier molecular flexibility index (Phi) is 5.31. The Morgan fingerprint density at radius 1 is 1.00 bits per heavy atom. The van der Waals surface area contributed by atoms with Crippen LogP contribution in [0.25, 0.3) is 0 Å². The lowest BCUT2D eigenvalue weighted by atomic mass is 9.78. The van der Waals surface area contributed by atoms with Gasteiger partial charge in [-0.2, -0.15) is 0 Å². The van der Waals surface area contributed by atoms with Crippen LogP contribution in [0.3, 0.4) is 0 Å². The van der Waals surface area contributed by atoms with Gasteiger partial charge in [0.1, 0.15) is 24.3 Å². The summed E-state index contributed by atoms with van der Waals surface area (Å²) in [6, 6.07) is 0. The van der Waals surface area contributed by atoms with Gasteiger partial charge in [-0.25, -0.2) is 0 Å². The van der Waals surface area contributed by atoms with Gasteiger partial charge in [0.15, 0.2) is 5.78 Å². The molecule has 0 spiro atoms. The third-order valence-corrected chi connectivity index (χ3v) is 6.70. The summed E-state index contributed by atoms with van der Waals surface area (Å²) in [7, 11) is 0. The van der Waals surface area contributed by atoms with Gasteiger partial charge in [-0.15, -0.1) is 0 Å². The van der Waals surface area contributed by atoms with E-state index in [4.69, 9.17) is 14.2 Å². The summed E-state index contributed by atoms with van der Waals surface area (Å²) >= 11 is 0. The average Bonchev–Trinajstić information content (AvgIpc) is 3.30. The van der Waals surface area contributed by atoms with Crippen LogP contribution < -0.4 is 5.11 Å². The van der Waals surface area contributed by atoms with Crippen molar-refractivity contribution in [1.29, 1.82) is 0 Å². The van der Waals surface area contributed by atoms with Crippen molar-refractivity contribution in [1.82, 2.24) is 0 Å². The summed E-state index contributed by atoms with van der Waals surface area (Å²) < 4.78 is 16.5. The monoisotopic (exact) mass is 407 g/mol. The quantitative estimate of drug-likeness (QED) is 0.316. The smallest absolute Gasteiger partial charge is 0.310 e. The van der Waals surface area contributed by atoms with Gasteiger partial charge < -0.3 is 24.1 Å². The van der Waals surface area contributed by atoms with E-state index in [0.717, 1.165) is 32.1 Å². The van der Waals surface area contributed by atoms with E-state index in [1.54, 1.807) is 0 Å². The predicted molar refractivity (Wildman–Crippen MR) is 90.6 cm³/mol. The number of hydrogen-bond donors (Lipinski definition) is 0. The van der Waals surface area contributed by atoms with Crippen molar-refractivity contribution in [3.63, 3.8) is 0 Å². The fraction of sp³-hybridized carbons (Fsp3) is 0.750. The molecule has 4 aliphatic rings. The van der Waals surface area contributed by atoms with Crippen LogP contribution >= 0.6 is 0 Å². The van der Waals surface area contributed by atoms with E-state index in [2.05, 4.69) is 0 Å². The molecule has 2 bridgehead atoms. The summed E-state index contributed by atoms with van der Waals surface area (Å²) in [6.45, 7) is 0. The van der Waals surface area contributed by atoms with Gasteiger partial charge in [-0.3, -0.25) is 19.2 Å². The zero-order chi connectivity index (χ0) is 20.7. The van der Waals surface area contributed by atoms with Crippen molar-refractivity contribution in [3.05, 3.63) is 0 Å². The van der Waals surface area contributed by atoms with Crippen LogP contribution in [-0.2, 0) is 38.2 Å². The van der Waals surface area contributed by atoms with E-state index in [0.29, 0.717) is 6.42 Å². The maximum atomic E-state index is 12.9. The Bertz CT molecular complexity index is 738. The summed E-state index contributed by atoms with van der Waals surface area (Å²) in [5.74, 6) is -6.52. The number of carbonyl (C=O) groups is 5. The van der Waals surface area contributed by atoms with Crippen molar-refractivity contribution < 1.29 is 43.3 Å². The molecule has 0 amide bonds. The first-order chi connectivity index (χ1) is 13.9. The highest BCUT2D eigenvalue weighted by atomic mass is 16.6. The molecular weight excluding hydrogens is 384 g/mol. The largest absolute Gasteiger partial charge is 0.542 e. The van der Waals surface area contributed by atoms with Gasteiger partial charge in [0.05, 0.1) is 18.3 Å². The number of carboxylic acid groups (broad SMARTS) is 1. The number of fused-ring (bicyclic) bond motifs is 1. The molecule has 1 heterocycles. The minimum Gasteiger partial charge on any atom is -0.542 e. The van der Waals surface area contributed by atoms with E-state index in [9.17, 15) is 29.1 Å². The molecule has 0 aromatic heterocycles. The topological polar surface area (TPSA) is 136 Å². The molecule has 3 aliphatic carbocycles. The van der Waals surface area contributed by atoms with Crippen LogP contribution in [0.2, 0.25) is 0 Å². The number of hydrogen-bond acceptors (Lipinski definition) is 9. The van der Waals surface area contributed by atoms with Crippen LogP contribution in [0, 0.1) is 23.7 Å². The first kappa shape index (κ1) is 19.8. The first-order valence-electron chi connectivity index (χ1n) is 10.2. The Hall–Kier alpha value is -2.45. The lowest BCUT2D eigenvalue weighted by Crippen LogP contribution is -2.44. The third-order valence-electron chi connectivity index (χ3n) is 6.70. The molecule has 1 saturated heterocycles. The highest BCUT2D eigenvalue weighted by Crippen LogP contribution is 2.59. The molecular formula is C20H23O9-. The second kappa shape index (κ2) is 7.76. The molecule has 0 N–H and O–H groups in total. The predicted octanol–water partition coefficient (Wildman–Crippen LogP) is -0.319. The Morgan fingerprint density at radius 3 is 2.41 bits per heavy atom. The van der Waals surface area contributed by atoms with Gasteiger partial charge in [-0.05, 0) is 32.1 Å². The number of rotatable bonds is 7. The summed E-state index contributed by atoms with van der Waals surface area (Å²) in [5, 5.41) is 10.5. The number of carboxylic acids is 1. The number of carbonyl (C=O) groups excluding carboxylic acids is 5. The van der Waals surface area contributed by atoms with E-state index < -0.39 is 66.5 Å². The Labute approximate surface area is 167 Å². The number of Topliss-reactive ketones (excluding diaryl/α,β-unsaturated/α-hetero) is 1. The lowest BCUT2D eigenvalue weighted by molar-refractivity contribution is -0.300. The Morgan fingerprint density at radius 2 is 1.72 bits per heavy atom. The lowest BCUT2D eigenvalue weighted by Gasteiger charge is -2.31. The highest BCUT2D eigenvalue weighted by Gasteiger charge is 2.70. The number of aliphatic carboxylic acids is 1. The van der Waals surface area contributed by atoms with E-state index in [-0.39, 0.29) is 17.9 Å². The van der Waals surface area contributed by atoms with Crippen LogP contribution in [-0.4, -0.2) is 48.0 Å². The molecule has 4 fully saturated rings. The van der Waals surface area contributed by atoms with Crippen molar-refractivity contribution >= 4 is 29.7 Å². The molecule has 29 heavy (non-hydrogen) atoms. The van der Waals surface area contributed by atoms with Crippen molar-refractivity contribution in [2.45, 2.75) is 69.7 Å². The maximum absolute atomic E-state index is 12.9. The van der Waals surface area contributed by atoms with E-state index in [1.807, 2.05) is 0 Å². The molecule has 9 nitrogen and oxygen atoms in total. The molecule has 4 rings (SSSR count). The van der Waals surface area contributed by atoms with Gasteiger partial charge in [0.25, 0.3) is 0 Å². The fourth-order valence-corrected chi connectivity index (χ4v) is 5.42. The van der Waals surface area contributed by atoms with Crippen LogP contribution in [0.4, 0.5) is 0 Å². The normalized spacial score (nSPS) is 35.2. The molecule has 3 saturated carbocycles. The fourth-order valence-electron chi connectivity index (χ4n) is 5.42. The van der Waals surface area contributed by atoms with E-state index in [1.165, 1.54) is 0 Å². The molecule has 9 heteroatoms. The van der Waals surface area contributed by atoms with Gasteiger partial charge in [0.2, 0.25) is 0 Å². The van der Waals surface area contributed by atoms with Gasteiger partial charge in [-0.1, -0.05) is 6.42 Å². The molecule has 0 aromatic rings. The number of ketones is 1. The number of ether oxygens (including phenoxy) is 3. The molecule has 0 radical (unpaired) electrons. The van der Waals surface area contributed by atoms with Crippen molar-refractivity contribution in [3.8, 4) is 0 Å².